The highest BCUT2D eigenvalue weighted by Gasteiger charge is 2.23. The van der Waals surface area contributed by atoms with Crippen molar-refractivity contribution in [3.8, 4) is 0 Å². The zero-order valence-electron chi connectivity index (χ0n) is 11.9. The standard InChI is InChI=1S/C13H18ClN3O3/c1-5-20-13(19)9-10(14)8(7(4)15)11(16-6(2)3)17-12(9)18/h6,15H,5H2,1-4H3,(H2,16,17,18). The lowest BCUT2D eigenvalue weighted by molar-refractivity contribution is 0.0524. The van der Waals surface area contributed by atoms with Crippen LogP contribution in [-0.2, 0) is 4.74 Å². The van der Waals surface area contributed by atoms with Gasteiger partial charge in [0.2, 0.25) is 0 Å². The maximum absolute atomic E-state index is 12.0. The summed E-state index contributed by atoms with van der Waals surface area (Å²) < 4.78 is 4.81. The van der Waals surface area contributed by atoms with Gasteiger partial charge in [-0.05, 0) is 27.7 Å². The molecule has 3 N–H and O–H groups in total. The number of hydrogen-bond donors (Lipinski definition) is 3. The third kappa shape index (κ3) is 3.39. The molecule has 0 unspecified atom stereocenters. The average Bonchev–Trinajstić information content (AvgIpc) is 2.26. The van der Waals surface area contributed by atoms with E-state index in [-0.39, 0.29) is 28.9 Å². The van der Waals surface area contributed by atoms with Gasteiger partial charge in [0.15, 0.2) is 0 Å². The molecule has 1 aromatic rings. The van der Waals surface area contributed by atoms with Crippen molar-refractivity contribution in [1.82, 2.24) is 4.98 Å². The third-order valence-electron chi connectivity index (χ3n) is 2.44. The molecule has 0 saturated carbocycles. The largest absolute Gasteiger partial charge is 0.462 e. The molecule has 1 heterocycles. The molecule has 0 fully saturated rings. The molecule has 0 aliphatic rings. The van der Waals surface area contributed by atoms with Crippen LogP contribution in [0.5, 0.6) is 0 Å². The highest BCUT2D eigenvalue weighted by Crippen LogP contribution is 2.25. The molecule has 1 aromatic heterocycles. The molecule has 0 saturated heterocycles. The van der Waals surface area contributed by atoms with Crippen LogP contribution in [0, 0.1) is 5.41 Å². The van der Waals surface area contributed by atoms with E-state index in [0.29, 0.717) is 11.4 Å². The molecule has 0 aromatic carbocycles. The van der Waals surface area contributed by atoms with Crippen LogP contribution in [0.15, 0.2) is 4.79 Å². The van der Waals surface area contributed by atoms with Crippen LogP contribution in [0.3, 0.4) is 0 Å². The first-order valence-corrected chi connectivity index (χ1v) is 6.62. The molecule has 1 rings (SSSR count). The van der Waals surface area contributed by atoms with Gasteiger partial charge in [-0.15, -0.1) is 0 Å². The van der Waals surface area contributed by atoms with E-state index in [1.54, 1.807) is 6.92 Å². The molecule has 6 nitrogen and oxygen atoms in total. The van der Waals surface area contributed by atoms with E-state index in [4.69, 9.17) is 21.7 Å². The van der Waals surface area contributed by atoms with Gasteiger partial charge >= 0.3 is 5.97 Å². The van der Waals surface area contributed by atoms with E-state index in [0.717, 1.165) is 0 Å². The Hall–Kier alpha value is -1.82. The van der Waals surface area contributed by atoms with Crippen LogP contribution in [0.4, 0.5) is 5.82 Å². The van der Waals surface area contributed by atoms with Gasteiger partial charge in [0, 0.05) is 11.8 Å². The summed E-state index contributed by atoms with van der Waals surface area (Å²) in [5.74, 6) is -0.465. The Morgan fingerprint density at radius 1 is 1.45 bits per heavy atom. The van der Waals surface area contributed by atoms with Crippen LogP contribution in [0.1, 0.15) is 43.6 Å². The molecule has 0 radical (unpaired) electrons. The summed E-state index contributed by atoms with van der Waals surface area (Å²) in [6.07, 6.45) is 0. The molecule has 110 valence electrons. The van der Waals surface area contributed by atoms with E-state index >= 15 is 0 Å². The number of H-pyrrole nitrogens is 1. The minimum Gasteiger partial charge on any atom is -0.462 e. The first-order chi connectivity index (χ1) is 9.29. The van der Waals surface area contributed by atoms with E-state index < -0.39 is 11.5 Å². The Balaban J connectivity index is 3.52. The summed E-state index contributed by atoms with van der Waals surface area (Å²) in [6, 6.07) is 0.0354. The lowest BCUT2D eigenvalue weighted by Crippen LogP contribution is -2.26. The summed E-state index contributed by atoms with van der Waals surface area (Å²) in [5, 5.41) is 10.7. The molecular formula is C13H18ClN3O3. The number of esters is 1. The number of aromatic nitrogens is 1. The molecule has 0 spiro atoms. The Kier molecular flexibility index (Phi) is 5.33. The minimum absolute atomic E-state index is 0.0354. The quantitative estimate of drug-likeness (QED) is 0.575. The van der Waals surface area contributed by atoms with Gasteiger partial charge in [0.25, 0.3) is 5.56 Å². The number of pyridine rings is 1. The predicted molar refractivity (Wildman–Crippen MR) is 79.3 cm³/mol. The fourth-order valence-corrected chi connectivity index (χ4v) is 2.11. The van der Waals surface area contributed by atoms with E-state index in [9.17, 15) is 9.59 Å². The van der Waals surface area contributed by atoms with Crippen molar-refractivity contribution < 1.29 is 9.53 Å². The SMILES string of the molecule is CCOC(=O)c1c(Cl)c(C(C)=N)c(NC(C)C)[nH]c1=O. The normalized spacial score (nSPS) is 10.5. The number of halogens is 1. The number of hydrogen-bond acceptors (Lipinski definition) is 5. The predicted octanol–water partition coefficient (Wildman–Crippen LogP) is 2.41. The molecule has 0 atom stereocenters. The second-order valence-corrected chi connectivity index (χ2v) is 4.92. The van der Waals surface area contributed by atoms with Gasteiger partial charge in [-0.25, -0.2) is 4.79 Å². The van der Waals surface area contributed by atoms with Gasteiger partial charge < -0.3 is 20.4 Å². The van der Waals surface area contributed by atoms with E-state index in [2.05, 4.69) is 10.3 Å². The minimum atomic E-state index is -0.794. The molecule has 7 heteroatoms. The second-order valence-electron chi connectivity index (χ2n) is 4.54. The van der Waals surface area contributed by atoms with Crippen molar-refractivity contribution in [3.05, 3.63) is 26.5 Å². The lowest BCUT2D eigenvalue weighted by atomic mass is 10.1. The van der Waals surface area contributed by atoms with E-state index in [1.807, 2.05) is 13.8 Å². The monoisotopic (exact) mass is 299 g/mol. The molecule has 0 aliphatic heterocycles. The number of nitrogens with one attached hydrogen (secondary N) is 3. The number of aromatic amines is 1. The van der Waals surface area contributed by atoms with Crippen molar-refractivity contribution in [2.45, 2.75) is 33.7 Å². The van der Waals surface area contributed by atoms with Crippen molar-refractivity contribution in [2.24, 2.45) is 0 Å². The smallest absolute Gasteiger partial charge is 0.345 e. The topological polar surface area (TPSA) is 95.0 Å². The number of ether oxygens (including phenoxy) is 1. The number of anilines is 1. The van der Waals surface area contributed by atoms with Gasteiger partial charge in [-0.1, -0.05) is 11.6 Å². The highest BCUT2D eigenvalue weighted by atomic mass is 35.5. The van der Waals surface area contributed by atoms with Gasteiger partial charge in [-0.2, -0.15) is 0 Å². The van der Waals surface area contributed by atoms with Crippen molar-refractivity contribution in [2.75, 3.05) is 11.9 Å². The summed E-state index contributed by atoms with van der Waals surface area (Å²) in [6.45, 7) is 7.07. The average molecular weight is 300 g/mol. The van der Waals surface area contributed by atoms with Gasteiger partial charge in [0.05, 0.1) is 17.2 Å². The Labute approximate surface area is 122 Å². The van der Waals surface area contributed by atoms with Crippen LogP contribution < -0.4 is 10.9 Å². The second kappa shape index (κ2) is 6.56. The first kappa shape index (κ1) is 16.2. The highest BCUT2D eigenvalue weighted by molar-refractivity contribution is 6.37. The van der Waals surface area contributed by atoms with Gasteiger partial charge in [0.1, 0.15) is 11.4 Å². The fourth-order valence-electron chi connectivity index (χ4n) is 1.71. The number of rotatable bonds is 5. The summed E-state index contributed by atoms with van der Waals surface area (Å²) in [5.41, 5.74) is -0.478. The Bertz CT molecular complexity index is 593. The maximum atomic E-state index is 12.0. The third-order valence-corrected chi connectivity index (χ3v) is 2.82. The lowest BCUT2D eigenvalue weighted by Gasteiger charge is -2.16. The number of carbonyl (C=O) groups is 1. The van der Waals surface area contributed by atoms with Crippen molar-refractivity contribution >= 4 is 29.1 Å². The van der Waals surface area contributed by atoms with Crippen LogP contribution in [0.2, 0.25) is 5.02 Å². The molecule has 0 amide bonds. The van der Waals surface area contributed by atoms with Crippen molar-refractivity contribution in [3.63, 3.8) is 0 Å². The zero-order valence-corrected chi connectivity index (χ0v) is 12.6. The molecule has 20 heavy (non-hydrogen) atoms. The number of carbonyl (C=O) groups excluding carboxylic acids is 1. The van der Waals surface area contributed by atoms with Crippen molar-refractivity contribution in [1.29, 1.82) is 5.41 Å². The van der Waals surface area contributed by atoms with Crippen LogP contribution >= 0.6 is 11.6 Å². The summed E-state index contributed by atoms with van der Waals surface area (Å²) >= 11 is 6.13. The maximum Gasteiger partial charge on any atom is 0.345 e. The fraction of sp³-hybridized carbons (Fsp3) is 0.462. The summed E-state index contributed by atoms with van der Waals surface area (Å²) in [7, 11) is 0. The molecule has 0 aliphatic carbocycles. The van der Waals surface area contributed by atoms with Gasteiger partial charge in [-0.3, -0.25) is 4.79 Å². The van der Waals surface area contributed by atoms with Crippen LogP contribution in [-0.4, -0.2) is 29.3 Å². The Morgan fingerprint density at radius 2 is 2.05 bits per heavy atom. The molecular weight excluding hydrogens is 282 g/mol. The van der Waals surface area contributed by atoms with E-state index in [1.165, 1.54) is 6.92 Å². The van der Waals surface area contributed by atoms with Crippen LogP contribution in [0.25, 0.3) is 0 Å². The summed E-state index contributed by atoms with van der Waals surface area (Å²) in [4.78, 5) is 26.3. The zero-order chi connectivity index (χ0) is 15.4. The first-order valence-electron chi connectivity index (χ1n) is 6.24. The molecule has 0 bridgehead atoms. The Morgan fingerprint density at radius 3 is 2.50 bits per heavy atom.